The second kappa shape index (κ2) is 7.38. The predicted molar refractivity (Wildman–Crippen MR) is 77.8 cm³/mol. The van der Waals surface area contributed by atoms with Crippen LogP contribution in [0.3, 0.4) is 0 Å². The van der Waals surface area contributed by atoms with Crippen LogP contribution in [-0.2, 0) is 9.53 Å². The second-order valence-electron chi connectivity index (χ2n) is 4.99. The van der Waals surface area contributed by atoms with Crippen molar-refractivity contribution in [2.75, 3.05) is 32.8 Å². The highest BCUT2D eigenvalue weighted by atomic mass is 16.5. The second-order valence-corrected chi connectivity index (χ2v) is 4.99. The molecule has 1 aromatic rings. The standard InChI is InChI=1S/C15H23N3O2/c1-2-8-18(16)15(19)14(13-6-4-3-5-7-13)17-9-11-20-12-10-17/h3-7,14H,2,8-12,16H2,1H3/t14-/m1/s1. The van der Waals surface area contributed by atoms with E-state index < -0.39 is 0 Å². The summed E-state index contributed by atoms with van der Waals surface area (Å²) in [6, 6.07) is 9.52. The molecule has 1 aliphatic heterocycles. The molecule has 5 heteroatoms. The zero-order valence-corrected chi connectivity index (χ0v) is 12.0. The molecule has 20 heavy (non-hydrogen) atoms. The van der Waals surface area contributed by atoms with E-state index in [9.17, 15) is 4.79 Å². The number of hydrazine groups is 1. The van der Waals surface area contributed by atoms with Crippen molar-refractivity contribution in [3.8, 4) is 0 Å². The Morgan fingerprint density at radius 1 is 1.35 bits per heavy atom. The van der Waals surface area contributed by atoms with Crippen LogP contribution in [0.25, 0.3) is 0 Å². The van der Waals surface area contributed by atoms with E-state index in [2.05, 4.69) is 4.90 Å². The molecular weight excluding hydrogens is 254 g/mol. The van der Waals surface area contributed by atoms with Gasteiger partial charge in [0.2, 0.25) is 0 Å². The Bertz CT molecular complexity index is 418. The maximum atomic E-state index is 12.7. The van der Waals surface area contributed by atoms with Crippen LogP contribution in [0.5, 0.6) is 0 Å². The Morgan fingerprint density at radius 2 is 2.00 bits per heavy atom. The zero-order chi connectivity index (χ0) is 14.4. The van der Waals surface area contributed by atoms with Crippen LogP contribution in [0, 0.1) is 0 Å². The Labute approximate surface area is 120 Å². The first-order valence-electron chi connectivity index (χ1n) is 7.17. The van der Waals surface area contributed by atoms with Crippen molar-refractivity contribution in [2.24, 2.45) is 5.84 Å². The van der Waals surface area contributed by atoms with Crippen molar-refractivity contribution in [1.29, 1.82) is 0 Å². The highest BCUT2D eigenvalue weighted by molar-refractivity contribution is 5.82. The first-order chi connectivity index (χ1) is 9.74. The molecule has 1 fully saturated rings. The molecule has 2 rings (SSSR count). The van der Waals surface area contributed by atoms with Crippen LogP contribution < -0.4 is 5.84 Å². The lowest BCUT2D eigenvalue weighted by Crippen LogP contribution is -2.49. The number of carbonyl (C=O) groups excluding carboxylic acids is 1. The van der Waals surface area contributed by atoms with Gasteiger partial charge in [-0.25, -0.2) is 5.84 Å². The lowest BCUT2D eigenvalue weighted by molar-refractivity contribution is -0.139. The van der Waals surface area contributed by atoms with Gasteiger partial charge < -0.3 is 4.74 Å². The van der Waals surface area contributed by atoms with E-state index in [1.54, 1.807) is 0 Å². The fourth-order valence-corrected chi connectivity index (χ4v) is 2.49. The molecule has 5 nitrogen and oxygen atoms in total. The Morgan fingerprint density at radius 3 is 2.60 bits per heavy atom. The third-order valence-corrected chi connectivity index (χ3v) is 3.51. The van der Waals surface area contributed by atoms with E-state index in [1.165, 1.54) is 5.01 Å². The molecule has 1 saturated heterocycles. The molecule has 0 unspecified atom stereocenters. The topological polar surface area (TPSA) is 58.8 Å². The van der Waals surface area contributed by atoms with Gasteiger partial charge in [0, 0.05) is 19.6 Å². The SMILES string of the molecule is CCCN(N)C(=O)[C@@H](c1ccccc1)N1CCOCC1. The summed E-state index contributed by atoms with van der Waals surface area (Å²) in [5.74, 6) is 5.86. The first kappa shape index (κ1) is 15.0. The van der Waals surface area contributed by atoms with E-state index in [1.807, 2.05) is 37.3 Å². The van der Waals surface area contributed by atoms with E-state index in [4.69, 9.17) is 10.6 Å². The minimum Gasteiger partial charge on any atom is -0.379 e. The number of hydrogen-bond donors (Lipinski definition) is 1. The van der Waals surface area contributed by atoms with Crippen LogP contribution in [0.2, 0.25) is 0 Å². The smallest absolute Gasteiger partial charge is 0.258 e. The number of amides is 1. The lowest BCUT2D eigenvalue weighted by atomic mass is 10.0. The molecule has 1 aromatic carbocycles. The average Bonchev–Trinajstić information content (AvgIpc) is 2.50. The van der Waals surface area contributed by atoms with Crippen molar-refractivity contribution in [2.45, 2.75) is 19.4 Å². The summed E-state index contributed by atoms with van der Waals surface area (Å²) in [5.41, 5.74) is 0.992. The maximum Gasteiger partial charge on any atom is 0.258 e. The number of morpholine rings is 1. The van der Waals surface area contributed by atoms with Gasteiger partial charge >= 0.3 is 0 Å². The maximum absolute atomic E-state index is 12.7. The Kier molecular flexibility index (Phi) is 5.52. The molecule has 1 heterocycles. The quantitative estimate of drug-likeness (QED) is 0.499. The molecule has 0 aliphatic carbocycles. The summed E-state index contributed by atoms with van der Waals surface area (Å²) in [7, 11) is 0. The average molecular weight is 277 g/mol. The van der Waals surface area contributed by atoms with Crippen molar-refractivity contribution in [1.82, 2.24) is 9.91 Å². The van der Waals surface area contributed by atoms with Crippen LogP contribution >= 0.6 is 0 Å². The normalized spacial score (nSPS) is 17.7. The van der Waals surface area contributed by atoms with Gasteiger partial charge in [-0.15, -0.1) is 0 Å². The summed E-state index contributed by atoms with van der Waals surface area (Å²) >= 11 is 0. The van der Waals surface area contributed by atoms with Gasteiger partial charge in [-0.05, 0) is 12.0 Å². The van der Waals surface area contributed by atoms with E-state index >= 15 is 0 Å². The predicted octanol–water partition coefficient (Wildman–Crippen LogP) is 1.17. The number of benzene rings is 1. The number of carbonyl (C=O) groups is 1. The molecular formula is C15H23N3O2. The number of rotatable bonds is 5. The molecule has 1 aliphatic rings. The minimum atomic E-state index is -0.309. The van der Waals surface area contributed by atoms with Gasteiger partial charge in [0.1, 0.15) is 6.04 Å². The van der Waals surface area contributed by atoms with Crippen molar-refractivity contribution in [3.63, 3.8) is 0 Å². The first-order valence-corrected chi connectivity index (χ1v) is 7.17. The fraction of sp³-hybridized carbons (Fsp3) is 0.533. The molecule has 0 bridgehead atoms. The molecule has 110 valence electrons. The van der Waals surface area contributed by atoms with Gasteiger partial charge in [-0.1, -0.05) is 37.3 Å². The van der Waals surface area contributed by atoms with Crippen molar-refractivity contribution in [3.05, 3.63) is 35.9 Å². The van der Waals surface area contributed by atoms with Gasteiger partial charge in [0.25, 0.3) is 5.91 Å². The van der Waals surface area contributed by atoms with Crippen LogP contribution in [0.1, 0.15) is 24.9 Å². The highest BCUT2D eigenvalue weighted by Gasteiger charge is 2.31. The van der Waals surface area contributed by atoms with E-state index in [0.29, 0.717) is 19.8 Å². The molecule has 0 saturated carbocycles. The molecule has 1 atom stereocenters. The van der Waals surface area contributed by atoms with Crippen LogP contribution in [-0.4, -0.2) is 48.7 Å². The van der Waals surface area contributed by atoms with Crippen LogP contribution in [0.4, 0.5) is 0 Å². The van der Waals surface area contributed by atoms with Crippen molar-refractivity contribution < 1.29 is 9.53 Å². The van der Waals surface area contributed by atoms with Crippen LogP contribution in [0.15, 0.2) is 30.3 Å². The number of nitrogens with zero attached hydrogens (tertiary/aromatic N) is 2. The molecule has 0 radical (unpaired) electrons. The summed E-state index contributed by atoms with van der Waals surface area (Å²) < 4.78 is 5.38. The van der Waals surface area contributed by atoms with E-state index in [-0.39, 0.29) is 11.9 Å². The molecule has 0 aromatic heterocycles. The summed E-state index contributed by atoms with van der Waals surface area (Å²) in [6.45, 7) is 5.42. The monoisotopic (exact) mass is 277 g/mol. The highest BCUT2D eigenvalue weighted by Crippen LogP contribution is 2.23. The summed E-state index contributed by atoms with van der Waals surface area (Å²) in [4.78, 5) is 14.8. The molecule has 0 spiro atoms. The summed E-state index contributed by atoms with van der Waals surface area (Å²) in [5, 5.41) is 1.34. The fourth-order valence-electron chi connectivity index (χ4n) is 2.49. The van der Waals surface area contributed by atoms with Gasteiger partial charge in [0.15, 0.2) is 0 Å². The zero-order valence-electron chi connectivity index (χ0n) is 12.0. The number of hydrogen-bond acceptors (Lipinski definition) is 4. The Balaban J connectivity index is 2.21. The number of nitrogens with two attached hydrogens (primary N) is 1. The molecule has 1 amide bonds. The minimum absolute atomic E-state index is 0.0417. The Hall–Kier alpha value is -1.43. The third kappa shape index (κ3) is 3.56. The van der Waals surface area contributed by atoms with Gasteiger partial charge in [0.05, 0.1) is 13.2 Å². The summed E-state index contributed by atoms with van der Waals surface area (Å²) in [6.07, 6.45) is 0.854. The third-order valence-electron chi connectivity index (χ3n) is 3.51. The number of ether oxygens (including phenoxy) is 1. The molecule has 2 N–H and O–H groups in total. The van der Waals surface area contributed by atoms with Crippen molar-refractivity contribution >= 4 is 5.91 Å². The lowest BCUT2D eigenvalue weighted by Gasteiger charge is -2.35. The van der Waals surface area contributed by atoms with Gasteiger partial charge in [-0.3, -0.25) is 14.7 Å². The van der Waals surface area contributed by atoms with Gasteiger partial charge in [-0.2, -0.15) is 0 Å². The largest absolute Gasteiger partial charge is 0.379 e. The van der Waals surface area contributed by atoms with E-state index in [0.717, 1.165) is 25.1 Å².